The van der Waals surface area contributed by atoms with Gasteiger partial charge in [0.2, 0.25) is 0 Å². The third kappa shape index (κ3) is 3.93. The first-order valence-corrected chi connectivity index (χ1v) is 7.25. The minimum atomic E-state index is -0.742. The lowest BCUT2D eigenvalue weighted by Gasteiger charge is -2.26. The van der Waals surface area contributed by atoms with Crippen LogP contribution in [0.4, 0.5) is 10.5 Å². The molecule has 1 fully saturated rings. The van der Waals surface area contributed by atoms with Crippen LogP contribution in [0.3, 0.4) is 0 Å². The number of halogens is 1. The van der Waals surface area contributed by atoms with Crippen LogP contribution in [0.2, 0.25) is 0 Å². The van der Waals surface area contributed by atoms with Gasteiger partial charge >= 0.3 is 12.0 Å². The van der Waals surface area contributed by atoms with Crippen molar-refractivity contribution in [3.05, 3.63) is 22.9 Å². The van der Waals surface area contributed by atoms with Crippen LogP contribution < -0.4 is 10.6 Å². The first-order chi connectivity index (χ1) is 9.56. The number of hydrogen-bond donors (Lipinski definition) is 3. The fraction of sp³-hybridized carbons (Fsp3) is 0.462. The van der Waals surface area contributed by atoms with Crippen molar-refractivity contribution >= 4 is 33.6 Å². The minimum absolute atomic E-state index is 0.0335. The van der Waals surface area contributed by atoms with Crippen molar-refractivity contribution in [1.29, 1.82) is 0 Å². The Kier molecular flexibility index (Phi) is 4.94. The maximum Gasteiger partial charge on any atom is 0.319 e. The molecule has 0 saturated heterocycles. The summed E-state index contributed by atoms with van der Waals surface area (Å²) in [5.74, 6) is -1.01. The average Bonchev–Trinajstić information content (AvgIpc) is 2.42. The molecule has 6 nitrogen and oxygen atoms in total. The highest BCUT2D eigenvalue weighted by Gasteiger charge is 2.26. The summed E-state index contributed by atoms with van der Waals surface area (Å²) in [5, 5.41) is 14.5. The molecule has 1 aliphatic carbocycles. The van der Waals surface area contributed by atoms with Gasteiger partial charge in [0.1, 0.15) is 0 Å². The predicted octanol–water partition coefficient (Wildman–Crippen LogP) is 2.61. The third-order valence-corrected chi connectivity index (χ3v) is 4.06. The lowest BCUT2D eigenvalue weighted by molar-refractivity contribution is -0.142. The van der Waals surface area contributed by atoms with Crippen molar-refractivity contribution in [3.8, 4) is 0 Å². The number of nitrogens with one attached hydrogen (secondary N) is 2. The van der Waals surface area contributed by atoms with Gasteiger partial charge in [-0.2, -0.15) is 0 Å². The summed E-state index contributed by atoms with van der Waals surface area (Å²) in [6.45, 7) is 0. The molecule has 0 aromatic carbocycles. The Morgan fingerprint density at radius 1 is 1.30 bits per heavy atom. The fourth-order valence-electron chi connectivity index (χ4n) is 2.31. The Morgan fingerprint density at radius 3 is 2.60 bits per heavy atom. The fourth-order valence-corrected chi connectivity index (χ4v) is 2.65. The molecule has 1 aromatic rings. The van der Waals surface area contributed by atoms with Crippen LogP contribution in [-0.2, 0) is 4.79 Å². The average molecular weight is 342 g/mol. The second-order valence-electron chi connectivity index (χ2n) is 4.84. The second kappa shape index (κ2) is 6.69. The number of rotatable bonds is 3. The summed E-state index contributed by atoms with van der Waals surface area (Å²) < 4.78 is 0.713. The predicted molar refractivity (Wildman–Crippen MR) is 77.5 cm³/mol. The van der Waals surface area contributed by atoms with E-state index < -0.39 is 5.97 Å². The Bertz CT molecular complexity index is 501. The van der Waals surface area contributed by atoms with Crippen LogP contribution in [0.5, 0.6) is 0 Å². The molecule has 0 aliphatic heterocycles. The summed E-state index contributed by atoms with van der Waals surface area (Å²) in [6.07, 6.45) is 5.81. The van der Waals surface area contributed by atoms with Crippen molar-refractivity contribution < 1.29 is 14.7 Å². The molecule has 1 heterocycles. The standard InChI is InChI=1S/C13H16BrN3O3/c14-10-7-15-6-5-11(10)17-13(20)16-9-3-1-8(2-4-9)12(18)19/h5-9H,1-4H2,(H,18,19)(H2,15,16,17,20). The smallest absolute Gasteiger partial charge is 0.319 e. The molecule has 0 unspecified atom stereocenters. The number of urea groups is 1. The van der Waals surface area contributed by atoms with E-state index in [4.69, 9.17) is 5.11 Å². The summed E-state index contributed by atoms with van der Waals surface area (Å²) >= 11 is 3.30. The highest BCUT2D eigenvalue weighted by atomic mass is 79.9. The highest BCUT2D eigenvalue weighted by molar-refractivity contribution is 9.10. The van der Waals surface area contributed by atoms with E-state index >= 15 is 0 Å². The van der Waals surface area contributed by atoms with Crippen molar-refractivity contribution in [2.75, 3.05) is 5.32 Å². The quantitative estimate of drug-likeness (QED) is 0.787. The van der Waals surface area contributed by atoms with Gasteiger partial charge in [0.15, 0.2) is 0 Å². The molecular formula is C13H16BrN3O3. The van der Waals surface area contributed by atoms with Crippen LogP contribution in [0.1, 0.15) is 25.7 Å². The van der Waals surface area contributed by atoms with E-state index in [1.54, 1.807) is 18.5 Å². The first-order valence-electron chi connectivity index (χ1n) is 6.46. The number of nitrogens with zero attached hydrogens (tertiary/aromatic N) is 1. The van der Waals surface area contributed by atoms with E-state index in [0.717, 1.165) is 0 Å². The molecule has 108 valence electrons. The second-order valence-corrected chi connectivity index (χ2v) is 5.70. The van der Waals surface area contributed by atoms with Crippen LogP contribution >= 0.6 is 15.9 Å². The Labute approximate surface area is 125 Å². The monoisotopic (exact) mass is 341 g/mol. The van der Waals surface area contributed by atoms with Crippen molar-refractivity contribution in [1.82, 2.24) is 10.3 Å². The van der Waals surface area contributed by atoms with E-state index in [9.17, 15) is 9.59 Å². The van der Waals surface area contributed by atoms with Crippen LogP contribution in [0.25, 0.3) is 0 Å². The molecule has 20 heavy (non-hydrogen) atoms. The topological polar surface area (TPSA) is 91.3 Å². The number of carbonyl (C=O) groups excluding carboxylic acids is 1. The molecule has 0 spiro atoms. The van der Waals surface area contributed by atoms with Crippen molar-refractivity contribution in [2.24, 2.45) is 5.92 Å². The Morgan fingerprint density at radius 2 is 2.00 bits per heavy atom. The van der Waals surface area contributed by atoms with Gasteiger partial charge in [-0.25, -0.2) is 4.79 Å². The number of carbonyl (C=O) groups is 2. The SMILES string of the molecule is O=C(Nc1ccncc1Br)NC1CCC(C(=O)O)CC1. The maximum atomic E-state index is 11.9. The van der Waals surface area contributed by atoms with Gasteiger partial charge in [-0.15, -0.1) is 0 Å². The lowest BCUT2D eigenvalue weighted by atomic mass is 9.86. The Balaban J connectivity index is 1.81. The van der Waals surface area contributed by atoms with Crippen molar-refractivity contribution in [2.45, 2.75) is 31.7 Å². The number of aromatic nitrogens is 1. The number of amides is 2. The summed E-state index contributed by atoms with van der Waals surface area (Å²) in [7, 11) is 0. The number of carboxylic acid groups (broad SMARTS) is 1. The number of aliphatic carboxylic acids is 1. The first kappa shape index (κ1) is 14.8. The zero-order chi connectivity index (χ0) is 14.5. The van der Waals surface area contributed by atoms with Gasteiger partial charge < -0.3 is 15.7 Å². The molecule has 1 aliphatic rings. The molecule has 0 atom stereocenters. The van der Waals surface area contributed by atoms with Gasteiger partial charge in [-0.3, -0.25) is 9.78 Å². The molecular weight excluding hydrogens is 326 g/mol. The van der Waals surface area contributed by atoms with E-state index in [1.165, 1.54) is 0 Å². The summed E-state index contributed by atoms with van der Waals surface area (Å²) in [4.78, 5) is 26.6. The molecule has 2 rings (SSSR count). The third-order valence-electron chi connectivity index (χ3n) is 3.43. The van der Waals surface area contributed by atoms with E-state index in [0.29, 0.717) is 35.8 Å². The van der Waals surface area contributed by atoms with Gasteiger partial charge in [-0.1, -0.05) is 0 Å². The largest absolute Gasteiger partial charge is 0.481 e. The number of pyridine rings is 1. The molecule has 0 radical (unpaired) electrons. The minimum Gasteiger partial charge on any atom is -0.481 e. The zero-order valence-electron chi connectivity index (χ0n) is 10.8. The number of hydrogen-bond acceptors (Lipinski definition) is 3. The normalized spacial score (nSPS) is 22.1. The number of carboxylic acids is 1. The lowest BCUT2D eigenvalue weighted by Crippen LogP contribution is -2.41. The zero-order valence-corrected chi connectivity index (χ0v) is 12.4. The number of anilines is 1. The van der Waals surface area contributed by atoms with Crippen LogP contribution in [-0.4, -0.2) is 28.1 Å². The van der Waals surface area contributed by atoms with Crippen LogP contribution in [0, 0.1) is 5.92 Å². The summed E-state index contributed by atoms with van der Waals surface area (Å²) in [5.41, 5.74) is 0.650. The molecule has 1 aromatic heterocycles. The maximum absolute atomic E-state index is 11.9. The van der Waals surface area contributed by atoms with Gasteiger partial charge in [0, 0.05) is 18.4 Å². The molecule has 1 saturated carbocycles. The molecule has 2 amide bonds. The van der Waals surface area contributed by atoms with Gasteiger partial charge in [-0.05, 0) is 47.7 Å². The van der Waals surface area contributed by atoms with Gasteiger partial charge in [0.05, 0.1) is 16.1 Å². The van der Waals surface area contributed by atoms with E-state index in [1.807, 2.05) is 0 Å². The highest BCUT2D eigenvalue weighted by Crippen LogP contribution is 2.25. The Hall–Kier alpha value is -1.63. The summed E-state index contributed by atoms with van der Waals surface area (Å²) in [6, 6.07) is 1.45. The molecule has 0 bridgehead atoms. The van der Waals surface area contributed by atoms with E-state index in [-0.39, 0.29) is 18.0 Å². The van der Waals surface area contributed by atoms with Crippen molar-refractivity contribution in [3.63, 3.8) is 0 Å². The van der Waals surface area contributed by atoms with E-state index in [2.05, 4.69) is 31.5 Å². The van der Waals surface area contributed by atoms with Gasteiger partial charge in [0.25, 0.3) is 0 Å². The molecule has 7 heteroatoms. The molecule has 3 N–H and O–H groups in total. The van der Waals surface area contributed by atoms with Crippen LogP contribution in [0.15, 0.2) is 22.9 Å².